The molecule has 0 aliphatic carbocycles. The first-order valence-corrected chi connectivity index (χ1v) is 8.48. The number of fused-ring (bicyclic) bond motifs is 1. The standard InChI is InChI=1S/C16H11BrFN7O2/c17-11-5-13-14(6-12(11)18)21-16(20-13)22-15(26)7-27-10-3-1-9(2-4-10)25-8-19-23-24-25/h1-6,8H,7H2,(H2,20,21,22,26). The number of amides is 1. The van der Waals surface area contributed by atoms with Crippen LogP contribution >= 0.6 is 15.9 Å². The maximum Gasteiger partial charge on any atom is 0.264 e. The average Bonchev–Trinajstić information content (AvgIpc) is 3.31. The highest BCUT2D eigenvalue weighted by Crippen LogP contribution is 2.23. The number of aromatic nitrogens is 6. The maximum atomic E-state index is 13.5. The first-order chi connectivity index (χ1) is 13.1. The number of carbonyl (C=O) groups excluding carboxylic acids is 1. The molecule has 0 fully saturated rings. The summed E-state index contributed by atoms with van der Waals surface area (Å²) < 4.78 is 20.8. The van der Waals surface area contributed by atoms with Crippen LogP contribution in [0, 0.1) is 5.82 Å². The molecule has 4 aromatic rings. The number of hydrogen-bond acceptors (Lipinski definition) is 6. The van der Waals surface area contributed by atoms with Gasteiger partial charge in [0.2, 0.25) is 5.95 Å². The maximum absolute atomic E-state index is 13.5. The van der Waals surface area contributed by atoms with Gasteiger partial charge in [-0.1, -0.05) is 0 Å². The van der Waals surface area contributed by atoms with Gasteiger partial charge < -0.3 is 9.72 Å². The first kappa shape index (κ1) is 17.1. The summed E-state index contributed by atoms with van der Waals surface area (Å²) in [6.45, 7) is -0.209. The van der Waals surface area contributed by atoms with Crippen LogP contribution in [0.4, 0.5) is 10.3 Å². The Hall–Kier alpha value is -3.34. The molecule has 9 nitrogen and oxygen atoms in total. The molecule has 0 radical (unpaired) electrons. The van der Waals surface area contributed by atoms with Crippen molar-refractivity contribution in [2.45, 2.75) is 0 Å². The van der Waals surface area contributed by atoms with Crippen LogP contribution in [0.5, 0.6) is 5.75 Å². The fourth-order valence-electron chi connectivity index (χ4n) is 2.36. The van der Waals surface area contributed by atoms with Gasteiger partial charge in [0.05, 0.1) is 21.2 Å². The molecule has 2 aromatic heterocycles. The Morgan fingerprint density at radius 2 is 2.11 bits per heavy atom. The lowest BCUT2D eigenvalue weighted by molar-refractivity contribution is -0.118. The van der Waals surface area contributed by atoms with E-state index in [1.807, 2.05) is 0 Å². The number of tetrazole rings is 1. The zero-order chi connectivity index (χ0) is 18.8. The molecule has 0 aliphatic heterocycles. The molecular formula is C16H11BrFN7O2. The van der Waals surface area contributed by atoms with E-state index >= 15 is 0 Å². The Bertz CT molecular complexity index is 1060. The van der Waals surface area contributed by atoms with Gasteiger partial charge in [-0.2, -0.15) is 0 Å². The third-order valence-electron chi connectivity index (χ3n) is 3.60. The summed E-state index contributed by atoms with van der Waals surface area (Å²) in [5.74, 6) is -0.0988. The summed E-state index contributed by atoms with van der Waals surface area (Å²) in [4.78, 5) is 19.1. The van der Waals surface area contributed by atoms with E-state index in [-0.39, 0.29) is 12.6 Å². The number of imidazole rings is 1. The molecule has 0 saturated carbocycles. The molecule has 0 unspecified atom stereocenters. The van der Waals surface area contributed by atoms with Gasteiger partial charge in [0.1, 0.15) is 17.9 Å². The molecule has 0 saturated heterocycles. The minimum Gasteiger partial charge on any atom is -0.484 e. The van der Waals surface area contributed by atoms with Crippen LogP contribution in [0.25, 0.3) is 16.7 Å². The van der Waals surface area contributed by atoms with Gasteiger partial charge in [-0.25, -0.2) is 14.1 Å². The van der Waals surface area contributed by atoms with Gasteiger partial charge in [0.25, 0.3) is 5.91 Å². The smallest absolute Gasteiger partial charge is 0.264 e. The molecule has 0 atom stereocenters. The van der Waals surface area contributed by atoms with Crippen molar-refractivity contribution in [1.29, 1.82) is 0 Å². The third kappa shape index (κ3) is 3.77. The van der Waals surface area contributed by atoms with Crippen molar-refractivity contribution in [2.24, 2.45) is 0 Å². The number of H-pyrrole nitrogens is 1. The molecule has 4 rings (SSSR count). The topological polar surface area (TPSA) is 111 Å². The Kier molecular flexibility index (Phi) is 4.50. The highest BCUT2D eigenvalue weighted by Gasteiger charge is 2.10. The lowest BCUT2D eigenvalue weighted by Crippen LogP contribution is -2.20. The molecule has 2 N–H and O–H groups in total. The normalized spacial score (nSPS) is 10.9. The molecule has 11 heteroatoms. The van der Waals surface area contributed by atoms with E-state index in [9.17, 15) is 9.18 Å². The second kappa shape index (κ2) is 7.11. The SMILES string of the molecule is O=C(COc1ccc(-n2cnnn2)cc1)Nc1nc2cc(Br)c(F)cc2[nH]1. The second-order valence-corrected chi connectivity index (χ2v) is 6.31. The summed E-state index contributed by atoms with van der Waals surface area (Å²) in [7, 11) is 0. The van der Waals surface area contributed by atoms with Gasteiger partial charge in [-0.3, -0.25) is 10.1 Å². The zero-order valence-electron chi connectivity index (χ0n) is 13.6. The van der Waals surface area contributed by atoms with Crippen molar-refractivity contribution in [3.05, 3.63) is 53.0 Å². The van der Waals surface area contributed by atoms with Crippen LogP contribution in [0.2, 0.25) is 0 Å². The Labute approximate surface area is 159 Å². The quantitative estimate of drug-likeness (QED) is 0.502. The van der Waals surface area contributed by atoms with Gasteiger partial charge in [0, 0.05) is 6.07 Å². The van der Waals surface area contributed by atoms with Gasteiger partial charge >= 0.3 is 0 Å². The summed E-state index contributed by atoms with van der Waals surface area (Å²) in [5, 5.41) is 13.5. The summed E-state index contributed by atoms with van der Waals surface area (Å²) >= 11 is 3.10. The van der Waals surface area contributed by atoms with Crippen LogP contribution in [0.1, 0.15) is 0 Å². The minimum absolute atomic E-state index is 0.209. The molecule has 27 heavy (non-hydrogen) atoms. The molecule has 0 aliphatic rings. The van der Waals surface area contributed by atoms with E-state index in [2.05, 4.69) is 46.7 Å². The fraction of sp³-hybridized carbons (Fsp3) is 0.0625. The molecule has 0 bridgehead atoms. The number of ether oxygens (including phenoxy) is 1. The third-order valence-corrected chi connectivity index (χ3v) is 4.21. The van der Waals surface area contributed by atoms with Crippen LogP contribution in [-0.2, 0) is 4.79 Å². The van der Waals surface area contributed by atoms with Gasteiger partial charge in [-0.05, 0) is 56.7 Å². The number of benzene rings is 2. The lowest BCUT2D eigenvalue weighted by Gasteiger charge is -2.06. The lowest BCUT2D eigenvalue weighted by atomic mass is 10.3. The summed E-state index contributed by atoms with van der Waals surface area (Å²) in [5.41, 5.74) is 1.76. The van der Waals surface area contributed by atoms with Gasteiger partial charge in [-0.15, -0.1) is 5.10 Å². The van der Waals surface area contributed by atoms with E-state index in [0.717, 1.165) is 5.69 Å². The molecule has 2 aromatic carbocycles. The van der Waals surface area contributed by atoms with Crippen molar-refractivity contribution >= 4 is 38.8 Å². The largest absolute Gasteiger partial charge is 0.484 e. The van der Waals surface area contributed by atoms with E-state index in [1.54, 1.807) is 24.3 Å². The first-order valence-electron chi connectivity index (χ1n) is 7.69. The van der Waals surface area contributed by atoms with Crippen LogP contribution < -0.4 is 10.1 Å². The van der Waals surface area contributed by atoms with Crippen molar-refractivity contribution in [3.63, 3.8) is 0 Å². The van der Waals surface area contributed by atoms with E-state index < -0.39 is 11.7 Å². The van der Waals surface area contributed by atoms with Crippen LogP contribution in [0.15, 0.2) is 47.2 Å². The van der Waals surface area contributed by atoms with Crippen molar-refractivity contribution in [2.75, 3.05) is 11.9 Å². The highest BCUT2D eigenvalue weighted by molar-refractivity contribution is 9.10. The van der Waals surface area contributed by atoms with E-state index in [1.165, 1.54) is 23.1 Å². The van der Waals surface area contributed by atoms with E-state index in [4.69, 9.17) is 4.74 Å². The van der Waals surface area contributed by atoms with Crippen LogP contribution in [-0.4, -0.2) is 42.7 Å². The second-order valence-electron chi connectivity index (χ2n) is 5.45. The predicted octanol–water partition coefficient (Wildman–Crippen LogP) is 2.46. The van der Waals surface area contributed by atoms with Crippen molar-refractivity contribution < 1.29 is 13.9 Å². The molecule has 136 valence electrons. The number of anilines is 1. The van der Waals surface area contributed by atoms with Crippen LogP contribution in [0.3, 0.4) is 0 Å². The minimum atomic E-state index is -0.419. The van der Waals surface area contributed by atoms with E-state index in [0.29, 0.717) is 21.3 Å². The number of nitrogens with one attached hydrogen (secondary N) is 2. The number of aromatic amines is 1. The average molecular weight is 432 g/mol. The Morgan fingerprint density at radius 1 is 1.30 bits per heavy atom. The number of hydrogen-bond donors (Lipinski definition) is 2. The molecular weight excluding hydrogens is 421 g/mol. The Balaban J connectivity index is 1.37. The monoisotopic (exact) mass is 431 g/mol. The zero-order valence-corrected chi connectivity index (χ0v) is 15.1. The number of carbonyl (C=O) groups is 1. The fourth-order valence-corrected chi connectivity index (χ4v) is 2.69. The number of halogens is 2. The predicted molar refractivity (Wildman–Crippen MR) is 97.0 cm³/mol. The van der Waals surface area contributed by atoms with Gasteiger partial charge in [0.15, 0.2) is 6.61 Å². The van der Waals surface area contributed by atoms with Crippen molar-refractivity contribution in [1.82, 2.24) is 30.2 Å². The number of rotatable bonds is 5. The summed E-state index contributed by atoms with van der Waals surface area (Å²) in [6, 6.07) is 9.74. The highest BCUT2D eigenvalue weighted by atomic mass is 79.9. The molecule has 1 amide bonds. The summed E-state index contributed by atoms with van der Waals surface area (Å²) in [6.07, 6.45) is 1.47. The van der Waals surface area contributed by atoms with Crippen molar-refractivity contribution in [3.8, 4) is 11.4 Å². The number of nitrogens with zero attached hydrogens (tertiary/aromatic N) is 5. The molecule has 2 heterocycles. The Morgan fingerprint density at radius 3 is 2.85 bits per heavy atom. The molecule has 0 spiro atoms.